The highest BCUT2D eigenvalue weighted by Gasteiger charge is 2.20. The molecule has 0 aliphatic rings. The lowest BCUT2D eigenvalue weighted by Gasteiger charge is -2.18. The zero-order valence-electron chi connectivity index (χ0n) is 13.4. The summed E-state index contributed by atoms with van der Waals surface area (Å²) in [6, 6.07) is 12.0. The molecule has 2 aromatic carbocycles. The molecule has 0 saturated heterocycles. The average Bonchev–Trinajstić information content (AvgIpc) is 2.55. The van der Waals surface area contributed by atoms with Crippen LogP contribution < -0.4 is 5.32 Å². The second kappa shape index (κ2) is 8.22. The third-order valence-electron chi connectivity index (χ3n) is 3.58. The predicted octanol–water partition coefficient (Wildman–Crippen LogP) is 4.32. The molecule has 0 fully saturated rings. The SMILES string of the molecule is CSc1ccc(Cl)c(C(=O)N[C@@H](CC(=O)O)c2ccc(C)cc2)c1. The Hall–Kier alpha value is -1.98. The molecule has 2 rings (SSSR count). The van der Waals surface area contributed by atoms with Gasteiger partial charge in [0.1, 0.15) is 0 Å². The fourth-order valence-electron chi connectivity index (χ4n) is 2.27. The summed E-state index contributed by atoms with van der Waals surface area (Å²) in [6.45, 7) is 1.95. The van der Waals surface area contributed by atoms with E-state index < -0.39 is 12.0 Å². The highest BCUT2D eigenvalue weighted by Crippen LogP contribution is 2.25. The van der Waals surface area contributed by atoms with E-state index in [1.54, 1.807) is 12.1 Å². The van der Waals surface area contributed by atoms with E-state index in [4.69, 9.17) is 16.7 Å². The Kier molecular flexibility index (Phi) is 6.29. The summed E-state index contributed by atoms with van der Waals surface area (Å²) in [5.74, 6) is -1.37. The van der Waals surface area contributed by atoms with Crippen molar-refractivity contribution in [3.63, 3.8) is 0 Å². The van der Waals surface area contributed by atoms with Gasteiger partial charge >= 0.3 is 5.97 Å². The Morgan fingerprint density at radius 1 is 1.21 bits per heavy atom. The Morgan fingerprint density at radius 3 is 2.46 bits per heavy atom. The van der Waals surface area contributed by atoms with Gasteiger partial charge in [0.05, 0.1) is 23.0 Å². The van der Waals surface area contributed by atoms with Gasteiger partial charge in [0.15, 0.2) is 0 Å². The van der Waals surface area contributed by atoms with Crippen LogP contribution in [0.4, 0.5) is 0 Å². The molecule has 0 radical (unpaired) electrons. The highest BCUT2D eigenvalue weighted by atomic mass is 35.5. The minimum absolute atomic E-state index is 0.200. The molecule has 0 bridgehead atoms. The number of carbonyl (C=O) groups is 2. The molecule has 1 amide bonds. The summed E-state index contributed by atoms with van der Waals surface area (Å²) >= 11 is 7.62. The summed E-state index contributed by atoms with van der Waals surface area (Å²) < 4.78 is 0. The fraction of sp³-hybridized carbons (Fsp3) is 0.222. The number of carbonyl (C=O) groups excluding carboxylic acids is 1. The maximum Gasteiger partial charge on any atom is 0.305 e. The molecule has 6 heteroatoms. The van der Waals surface area contributed by atoms with Crippen LogP contribution in [0.2, 0.25) is 5.02 Å². The van der Waals surface area contributed by atoms with Gasteiger partial charge in [-0.25, -0.2) is 0 Å². The summed E-state index contributed by atoms with van der Waals surface area (Å²) in [7, 11) is 0. The van der Waals surface area contributed by atoms with Crippen LogP contribution in [0.5, 0.6) is 0 Å². The highest BCUT2D eigenvalue weighted by molar-refractivity contribution is 7.98. The Balaban J connectivity index is 2.27. The number of nitrogens with one attached hydrogen (secondary N) is 1. The normalized spacial score (nSPS) is 11.8. The molecule has 0 saturated carbocycles. The van der Waals surface area contributed by atoms with E-state index in [1.807, 2.05) is 43.5 Å². The molecule has 0 heterocycles. The molecule has 0 aromatic heterocycles. The van der Waals surface area contributed by atoms with Gasteiger partial charge in [-0.3, -0.25) is 9.59 Å². The molecule has 1 atom stereocenters. The van der Waals surface area contributed by atoms with Gasteiger partial charge in [-0.05, 0) is 36.9 Å². The summed E-state index contributed by atoms with van der Waals surface area (Å²) in [5, 5.41) is 12.3. The lowest BCUT2D eigenvalue weighted by molar-refractivity contribution is -0.137. The smallest absolute Gasteiger partial charge is 0.305 e. The number of benzene rings is 2. The molecule has 0 spiro atoms. The van der Waals surface area contributed by atoms with Gasteiger partial charge in [0.2, 0.25) is 0 Å². The standard InChI is InChI=1S/C18H18ClNO3S/c1-11-3-5-12(6-4-11)16(10-17(21)22)20-18(23)14-9-13(24-2)7-8-15(14)19/h3-9,16H,10H2,1-2H3,(H,20,23)(H,21,22)/t16-/m0/s1. The minimum atomic E-state index is -0.982. The van der Waals surface area contributed by atoms with Crippen molar-refractivity contribution >= 4 is 35.2 Å². The lowest BCUT2D eigenvalue weighted by Crippen LogP contribution is -2.30. The third-order valence-corrected chi connectivity index (χ3v) is 4.64. The first kappa shape index (κ1) is 18.4. The number of rotatable bonds is 6. The third kappa shape index (κ3) is 4.76. The molecule has 0 aliphatic heterocycles. The quantitative estimate of drug-likeness (QED) is 0.750. The first-order valence-electron chi connectivity index (χ1n) is 7.33. The van der Waals surface area contributed by atoms with Crippen LogP contribution in [0.1, 0.15) is 33.9 Å². The molecule has 126 valence electrons. The van der Waals surface area contributed by atoms with Crippen molar-refractivity contribution in [2.75, 3.05) is 6.26 Å². The van der Waals surface area contributed by atoms with E-state index in [-0.39, 0.29) is 12.3 Å². The van der Waals surface area contributed by atoms with Crippen molar-refractivity contribution < 1.29 is 14.7 Å². The van der Waals surface area contributed by atoms with Crippen LogP contribution >= 0.6 is 23.4 Å². The van der Waals surface area contributed by atoms with E-state index in [0.717, 1.165) is 16.0 Å². The number of hydrogen-bond donors (Lipinski definition) is 2. The van der Waals surface area contributed by atoms with Crippen molar-refractivity contribution in [3.05, 3.63) is 64.2 Å². The number of aryl methyl sites for hydroxylation is 1. The molecule has 2 aromatic rings. The zero-order valence-corrected chi connectivity index (χ0v) is 14.9. The van der Waals surface area contributed by atoms with E-state index in [9.17, 15) is 9.59 Å². The van der Waals surface area contributed by atoms with Gasteiger partial charge in [0, 0.05) is 4.90 Å². The average molecular weight is 364 g/mol. The number of halogens is 1. The van der Waals surface area contributed by atoms with Crippen LogP contribution in [0.25, 0.3) is 0 Å². The summed E-state index contributed by atoms with van der Waals surface area (Å²) in [6.07, 6.45) is 1.71. The molecule has 24 heavy (non-hydrogen) atoms. The maximum absolute atomic E-state index is 12.6. The molecular weight excluding hydrogens is 346 g/mol. The first-order valence-corrected chi connectivity index (χ1v) is 8.93. The van der Waals surface area contributed by atoms with E-state index in [1.165, 1.54) is 11.8 Å². The largest absolute Gasteiger partial charge is 0.481 e. The number of amides is 1. The predicted molar refractivity (Wildman–Crippen MR) is 96.9 cm³/mol. The Labute approximate surface area is 150 Å². The van der Waals surface area contributed by atoms with E-state index in [0.29, 0.717) is 10.6 Å². The number of carboxylic acid groups (broad SMARTS) is 1. The van der Waals surface area contributed by atoms with Crippen LogP contribution in [0.3, 0.4) is 0 Å². The fourth-order valence-corrected chi connectivity index (χ4v) is 2.91. The monoisotopic (exact) mass is 363 g/mol. The van der Waals surface area contributed by atoms with Crippen LogP contribution in [-0.4, -0.2) is 23.2 Å². The van der Waals surface area contributed by atoms with Crippen molar-refractivity contribution in [1.29, 1.82) is 0 Å². The Morgan fingerprint density at radius 2 is 1.88 bits per heavy atom. The maximum atomic E-state index is 12.6. The second-order valence-electron chi connectivity index (χ2n) is 5.38. The zero-order chi connectivity index (χ0) is 17.7. The van der Waals surface area contributed by atoms with E-state index in [2.05, 4.69) is 5.32 Å². The lowest BCUT2D eigenvalue weighted by atomic mass is 10.0. The summed E-state index contributed by atoms with van der Waals surface area (Å²) in [4.78, 5) is 24.6. The topological polar surface area (TPSA) is 66.4 Å². The van der Waals surface area contributed by atoms with Crippen LogP contribution in [0, 0.1) is 6.92 Å². The van der Waals surface area contributed by atoms with Gasteiger partial charge in [-0.15, -0.1) is 11.8 Å². The van der Waals surface area contributed by atoms with Crippen LogP contribution in [0.15, 0.2) is 47.4 Å². The number of aliphatic carboxylic acids is 1. The van der Waals surface area contributed by atoms with Crippen LogP contribution in [-0.2, 0) is 4.79 Å². The van der Waals surface area contributed by atoms with Crippen molar-refractivity contribution in [1.82, 2.24) is 5.32 Å². The van der Waals surface area contributed by atoms with E-state index >= 15 is 0 Å². The van der Waals surface area contributed by atoms with Gasteiger partial charge in [-0.1, -0.05) is 41.4 Å². The molecule has 0 aliphatic carbocycles. The molecule has 4 nitrogen and oxygen atoms in total. The van der Waals surface area contributed by atoms with Crippen molar-refractivity contribution in [3.8, 4) is 0 Å². The molecular formula is C18H18ClNO3S. The number of thioether (sulfide) groups is 1. The number of carboxylic acids is 1. The Bertz CT molecular complexity index is 746. The number of hydrogen-bond acceptors (Lipinski definition) is 3. The van der Waals surface area contributed by atoms with Gasteiger partial charge in [0.25, 0.3) is 5.91 Å². The second-order valence-corrected chi connectivity index (χ2v) is 6.67. The minimum Gasteiger partial charge on any atom is -0.481 e. The summed E-state index contributed by atoms with van der Waals surface area (Å²) in [5.41, 5.74) is 2.15. The van der Waals surface area contributed by atoms with Gasteiger partial charge < -0.3 is 10.4 Å². The van der Waals surface area contributed by atoms with Gasteiger partial charge in [-0.2, -0.15) is 0 Å². The first-order chi connectivity index (χ1) is 11.4. The van der Waals surface area contributed by atoms with Crippen molar-refractivity contribution in [2.24, 2.45) is 0 Å². The molecule has 0 unspecified atom stereocenters. The van der Waals surface area contributed by atoms with Crippen molar-refractivity contribution in [2.45, 2.75) is 24.3 Å². The molecule has 2 N–H and O–H groups in total.